The molecule has 2 N–H and O–H groups in total. The second-order valence-corrected chi connectivity index (χ2v) is 11.5. The predicted octanol–water partition coefficient (Wildman–Crippen LogP) is 3.36. The number of rotatable bonds is 2. The lowest BCUT2D eigenvalue weighted by molar-refractivity contribution is 0.0155. The largest absolute Gasteiger partial charge is 0.444 e. The number of aryl methyl sites for hydroxylation is 1. The van der Waals surface area contributed by atoms with Crippen molar-refractivity contribution < 1.29 is 17.9 Å². The molecule has 29 heavy (non-hydrogen) atoms. The minimum atomic E-state index is -3.63. The van der Waals surface area contributed by atoms with Crippen molar-refractivity contribution in [1.82, 2.24) is 9.62 Å². The molecule has 0 aliphatic carbocycles. The van der Waals surface area contributed by atoms with Crippen molar-refractivity contribution in [2.45, 2.75) is 63.2 Å². The second-order valence-electron chi connectivity index (χ2n) is 8.56. The van der Waals surface area contributed by atoms with Crippen molar-refractivity contribution in [1.29, 1.82) is 0 Å². The van der Waals surface area contributed by atoms with E-state index in [2.05, 4.69) is 22.0 Å². The smallest absolute Gasteiger partial charge is 0.410 e. The number of amides is 1. The molecule has 8 nitrogen and oxygen atoms in total. The molecule has 1 fully saturated rings. The van der Waals surface area contributed by atoms with Crippen LogP contribution in [-0.4, -0.2) is 51.1 Å². The highest BCUT2D eigenvalue weighted by molar-refractivity contribution is 7.92. The summed E-state index contributed by atoms with van der Waals surface area (Å²) in [7, 11) is -2.08. The number of hydrogen-bond acceptors (Lipinski definition) is 6. The van der Waals surface area contributed by atoms with Gasteiger partial charge in [-0.2, -0.15) is 0 Å². The van der Waals surface area contributed by atoms with E-state index in [4.69, 9.17) is 4.74 Å². The van der Waals surface area contributed by atoms with Crippen molar-refractivity contribution in [3.8, 4) is 0 Å². The first-order valence-corrected chi connectivity index (χ1v) is 12.2. The standard InChI is InChI=1S/C19H30N4O4S2/c1-7-13-14(15-16(28-13)29(25,26)22-17(20-6)21-15)12-8-9-23(10-11(12)2)18(24)27-19(3,4)5/h11-12H,7-10H2,1-6H3,(H2,20,21,22). The van der Waals surface area contributed by atoms with Gasteiger partial charge in [0.2, 0.25) is 5.96 Å². The molecule has 2 aliphatic rings. The van der Waals surface area contributed by atoms with Crippen LogP contribution >= 0.6 is 11.3 Å². The molecule has 162 valence electrons. The lowest BCUT2D eigenvalue weighted by Gasteiger charge is -2.38. The molecule has 1 aromatic heterocycles. The van der Waals surface area contributed by atoms with Crippen LogP contribution in [0.1, 0.15) is 57.4 Å². The van der Waals surface area contributed by atoms with E-state index in [0.29, 0.717) is 23.0 Å². The Balaban J connectivity index is 1.91. The van der Waals surface area contributed by atoms with Gasteiger partial charge >= 0.3 is 6.09 Å². The number of sulfonamides is 1. The summed E-state index contributed by atoms with van der Waals surface area (Å²) in [5, 5.41) is 3.17. The Kier molecular flexibility index (Phi) is 5.88. The van der Waals surface area contributed by atoms with Gasteiger partial charge in [-0.05, 0) is 51.0 Å². The van der Waals surface area contributed by atoms with Gasteiger partial charge < -0.3 is 15.0 Å². The van der Waals surface area contributed by atoms with Crippen LogP contribution in [-0.2, 0) is 21.2 Å². The fraction of sp³-hybridized carbons (Fsp3) is 0.684. The molecule has 0 radical (unpaired) electrons. The van der Waals surface area contributed by atoms with Crippen molar-refractivity contribution in [2.75, 3.05) is 25.5 Å². The summed E-state index contributed by atoms with van der Waals surface area (Å²) in [6.45, 7) is 10.9. The average molecular weight is 443 g/mol. The molecule has 0 saturated carbocycles. The number of nitrogens with one attached hydrogen (secondary N) is 2. The maximum Gasteiger partial charge on any atom is 0.410 e. The van der Waals surface area contributed by atoms with E-state index in [1.807, 2.05) is 27.7 Å². The first kappa shape index (κ1) is 21.9. The van der Waals surface area contributed by atoms with Crippen LogP contribution in [0.4, 0.5) is 10.5 Å². The van der Waals surface area contributed by atoms with Gasteiger partial charge in [-0.1, -0.05) is 13.8 Å². The number of aliphatic imine (C=N–C) groups is 1. The summed E-state index contributed by atoms with van der Waals surface area (Å²) in [5.41, 5.74) is 1.17. The van der Waals surface area contributed by atoms with E-state index in [9.17, 15) is 13.2 Å². The molecule has 1 amide bonds. The molecule has 10 heteroatoms. The van der Waals surface area contributed by atoms with E-state index in [1.165, 1.54) is 11.3 Å². The van der Waals surface area contributed by atoms with Gasteiger partial charge in [-0.15, -0.1) is 11.3 Å². The Bertz CT molecular complexity index is 931. The summed E-state index contributed by atoms with van der Waals surface area (Å²) in [6, 6.07) is 0. The maximum absolute atomic E-state index is 12.7. The highest BCUT2D eigenvalue weighted by Crippen LogP contribution is 2.47. The van der Waals surface area contributed by atoms with Gasteiger partial charge in [0.25, 0.3) is 10.0 Å². The number of carbonyl (C=O) groups excluding carboxylic acids is 1. The fourth-order valence-corrected chi connectivity index (χ4v) is 6.69. The summed E-state index contributed by atoms with van der Waals surface area (Å²) in [5.74, 6) is 0.558. The maximum atomic E-state index is 12.7. The first-order valence-electron chi connectivity index (χ1n) is 9.87. The average Bonchev–Trinajstić information content (AvgIpc) is 2.99. The number of ether oxygens (including phenoxy) is 1. The lowest BCUT2D eigenvalue weighted by Crippen LogP contribution is -2.45. The van der Waals surface area contributed by atoms with E-state index in [1.54, 1.807) is 11.9 Å². The Labute approximate surface area is 176 Å². The van der Waals surface area contributed by atoms with Gasteiger partial charge in [0.1, 0.15) is 5.60 Å². The van der Waals surface area contributed by atoms with Crippen LogP contribution in [0.5, 0.6) is 0 Å². The highest BCUT2D eigenvalue weighted by Gasteiger charge is 2.39. The van der Waals surface area contributed by atoms with Crippen molar-refractivity contribution in [3.63, 3.8) is 0 Å². The van der Waals surface area contributed by atoms with E-state index in [-0.39, 0.29) is 23.9 Å². The Morgan fingerprint density at radius 1 is 1.38 bits per heavy atom. The van der Waals surface area contributed by atoms with E-state index >= 15 is 0 Å². The summed E-state index contributed by atoms with van der Waals surface area (Å²) < 4.78 is 33.7. The van der Waals surface area contributed by atoms with Crippen molar-refractivity contribution in [2.24, 2.45) is 10.9 Å². The zero-order valence-corrected chi connectivity index (χ0v) is 19.5. The van der Waals surface area contributed by atoms with Crippen LogP contribution < -0.4 is 10.0 Å². The van der Waals surface area contributed by atoms with E-state index in [0.717, 1.165) is 23.3 Å². The lowest BCUT2D eigenvalue weighted by atomic mass is 9.81. The number of hydrogen-bond donors (Lipinski definition) is 2. The second kappa shape index (κ2) is 7.79. The third-order valence-electron chi connectivity index (χ3n) is 5.18. The number of carbonyl (C=O) groups is 1. The molecule has 3 heterocycles. The van der Waals surface area contributed by atoms with E-state index < -0.39 is 15.6 Å². The number of likely N-dealkylation sites (tertiary alicyclic amines) is 1. The van der Waals surface area contributed by atoms with Gasteiger partial charge in [-0.25, -0.2) is 17.9 Å². The summed E-state index contributed by atoms with van der Waals surface area (Å²) >= 11 is 1.32. The highest BCUT2D eigenvalue weighted by atomic mass is 32.2. The fourth-order valence-electron chi connectivity index (χ4n) is 3.92. The zero-order chi connectivity index (χ0) is 21.6. The van der Waals surface area contributed by atoms with Crippen molar-refractivity contribution >= 4 is 39.1 Å². The summed E-state index contributed by atoms with van der Waals surface area (Å²) in [6.07, 6.45) is 1.21. The normalized spacial score (nSPS) is 25.2. The number of fused-ring (bicyclic) bond motifs is 1. The molecular formula is C19H30N4O4S2. The van der Waals surface area contributed by atoms with Gasteiger partial charge in [0.15, 0.2) is 4.21 Å². The van der Waals surface area contributed by atoms with Crippen LogP contribution in [0.25, 0.3) is 0 Å². The van der Waals surface area contributed by atoms with Crippen LogP contribution in [0.2, 0.25) is 0 Å². The topological polar surface area (TPSA) is 100 Å². The molecule has 0 spiro atoms. The molecule has 1 saturated heterocycles. The van der Waals surface area contributed by atoms with Gasteiger partial charge in [0.05, 0.1) is 5.69 Å². The monoisotopic (exact) mass is 442 g/mol. The molecule has 3 rings (SSSR count). The van der Waals surface area contributed by atoms with Gasteiger partial charge in [-0.3, -0.25) is 4.99 Å². The number of thiophene rings is 1. The Morgan fingerprint density at radius 3 is 2.62 bits per heavy atom. The molecular weight excluding hydrogens is 412 g/mol. The molecule has 1 aromatic rings. The Hall–Kier alpha value is -1.81. The SMILES string of the molecule is CCc1sc2c(c1C1CCN(C(=O)OC(C)(C)C)CC1C)NC(=NC)NS2(=O)=O. The summed E-state index contributed by atoms with van der Waals surface area (Å²) in [4.78, 5) is 19.3. The minimum absolute atomic E-state index is 0.155. The van der Waals surface area contributed by atoms with Crippen molar-refractivity contribution in [3.05, 3.63) is 10.4 Å². The van der Waals surface area contributed by atoms with Crippen LogP contribution in [0, 0.1) is 5.92 Å². The minimum Gasteiger partial charge on any atom is -0.444 e. The van der Waals surface area contributed by atoms with Crippen LogP contribution in [0.3, 0.4) is 0 Å². The number of nitrogens with zero attached hydrogens (tertiary/aromatic N) is 2. The van der Waals surface area contributed by atoms with Gasteiger partial charge in [0, 0.05) is 25.0 Å². The molecule has 2 atom stereocenters. The van der Waals surface area contributed by atoms with Crippen LogP contribution in [0.15, 0.2) is 9.20 Å². The zero-order valence-electron chi connectivity index (χ0n) is 17.8. The molecule has 0 aromatic carbocycles. The Morgan fingerprint density at radius 2 is 2.07 bits per heavy atom. The number of guanidine groups is 1. The molecule has 2 unspecified atom stereocenters. The first-order chi connectivity index (χ1) is 13.5. The number of piperidine rings is 1. The molecule has 0 bridgehead atoms. The molecule has 2 aliphatic heterocycles. The number of anilines is 1. The third-order valence-corrected chi connectivity index (χ3v) is 8.39. The quantitative estimate of drug-likeness (QED) is 0.731. The third kappa shape index (κ3) is 4.37. The predicted molar refractivity (Wildman–Crippen MR) is 115 cm³/mol.